The van der Waals surface area contributed by atoms with E-state index in [1.54, 1.807) is 0 Å². The number of fused-ring (bicyclic) bond motifs is 1. The van der Waals surface area contributed by atoms with Crippen LogP contribution in [0.2, 0.25) is 0 Å². The SMILES string of the molecule is CNC(CCc1ccc2c(c1)OCCO2)c1ccccc1. The summed E-state index contributed by atoms with van der Waals surface area (Å²) in [6, 6.07) is 17.2. The first-order valence-electron chi connectivity index (χ1n) is 7.47. The predicted octanol–water partition coefficient (Wildman–Crippen LogP) is 3.35. The second kappa shape index (κ2) is 6.64. The molecule has 2 aromatic carbocycles. The van der Waals surface area contributed by atoms with Gasteiger partial charge in [0.25, 0.3) is 0 Å². The third kappa shape index (κ3) is 3.37. The molecule has 1 heterocycles. The molecule has 0 bridgehead atoms. The van der Waals surface area contributed by atoms with E-state index in [1.807, 2.05) is 13.1 Å². The third-order valence-corrected chi connectivity index (χ3v) is 3.88. The number of hydrogen-bond donors (Lipinski definition) is 1. The molecule has 0 aromatic heterocycles. The van der Waals surface area contributed by atoms with Crippen LogP contribution in [0.4, 0.5) is 0 Å². The molecular weight excluding hydrogens is 262 g/mol. The van der Waals surface area contributed by atoms with Gasteiger partial charge in [0.05, 0.1) is 0 Å². The van der Waals surface area contributed by atoms with Crippen LogP contribution in [0.15, 0.2) is 48.5 Å². The van der Waals surface area contributed by atoms with Crippen LogP contribution in [-0.2, 0) is 6.42 Å². The van der Waals surface area contributed by atoms with Crippen LogP contribution in [0.1, 0.15) is 23.6 Å². The van der Waals surface area contributed by atoms with E-state index in [2.05, 4.69) is 47.8 Å². The number of rotatable bonds is 5. The van der Waals surface area contributed by atoms with Gasteiger partial charge in [0, 0.05) is 6.04 Å². The van der Waals surface area contributed by atoms with E-state index in [4.69, 9.17) is 9.47 Å². The zero-order valence-electron chi connectivity index (χ0n) is 12.3. The summed E-state index contributed by atoms with van der Waals surface area (Å²) in [4.78, 5) is 0. The molecule has 1 atom stereocenters. The Morgan fingerprint density at radius 2 is 1.76 bits per heavy atom. The molecule has 2 aromatic rings. The molecular formula is C18H21NO2. The number of hydrogen-bond acceptors (Lipinski definition) is 3. The summed E-state index contributed by atoms with van der Waals surface area (Å²) in [5.74, 6) is 1.73. The largest absolute Gasteiger partial charge is 0.486 e. The summed E-state index contributed by atoms with van der Waals surface area (Å²) in [5, 5.41) is 3.39. The molecule has 110 valence electrons. The van der Waals surface area contributed by atoms with E-state index >= 15 is 0 Å². The minimum atomic E-state index is 0.374. The Labute approximate surface area is 125 Å². The fraction of sp³-hybridized carbons (Fsp3) is 0.333. The van der Waals surface area contributed by atoms with Gasteiger partial charge in [-0.3, -0.25) is 0 Å². The summed E-state index contributed by atoms with van der Waals surface area (Å²) in [6.45, 7) is 1.28. The summed E-state index contributed by atoms with van der Waals surface area (Å²) < 4.78 is 11.2. The second-order valence-electron chi connectivity index (χ2n) is 5.27. The number of ether oxygens (including phenoxy) is 2. The molecule has 1 unspecified atom stereocenters. The molecule has 3 rings (SSSR count). The summed E-state index contributed by atoms with van der Waals surface area (Å²) in [5.41, 5.74) is 2.62. The highest BCUT2D eigenvalue weighted by Gasteiger charge is 2.13. The smallest absolute Gasteiger partial charge is 0.161 e. The maximum Gasteiger partial charge on any atom is 0.161 e. The Kier molecular flexibility index (Phi) is 4.41. The average Bonchev–Trinajstić information content (AvgIpc) is 2.56. The lowest BCUT2D eigenvalue weighted by molar-refractivity contribution is 0.171. The number of benzene rings is 2. The highest BCUT2D eigenvalue weighted by molar-refractivity contribution is 5.43. The van der Waals surface area contributed by atoms with Crippen molar-refractivity contribution in [2.45, 2.75) is 18.9 Å². The molecule has 0 fully saturated rings. The van der Waals surface area contributed by atoms with Crippen molar-refractivity contribution in [2.75, 3.05) is 20.3 Å². The average molecular weight is 283 g/mol. The van der Waals surface area contributed by atoms with Crippen molar-refractivity contribution in [3.63, 3.8) is 0 Å². The van der Waals surface area contributed by atoms with Gasteiger partial charge in [-0.1, -0.05) is 36.4 Å². The lowest BCUT2D eigenvalue weighted by atomic mass is 9.99. The second-order valence-corrected chi connectivity index (χ2v) is 5.27. The molecule has 3 heteroatoms. The van der Waals surface area contributed by atoms with Gasteiger partial charge in [0.2, 0.25) is 0 Å². The minimum absolute atomic E-state index is 0.374. The molecule has 21 heavy (non-hydrogen) atoms. The maximum atomic E-state index is 5.64. The van der Waals surface area contributed by atoms with Gasteiger partial charge in [-0.25, -0.2) is 0 Å². The topological polar surface area (TPSA) is 30.5 Å². The molecule has 0 spiro atoms. The lowest BCUT2D eigenvalue weighted by Crippen LogP contribution is -2.17. The normalized spacial score (nSPS) is 14.7. The Hall–Kier alpha value is -2.00. The van der Waals surface area contributed by atoms with Gasteiger partial charge in [-0.05, 0) is 43.1 Å². The van der Waals surface area contributed by atoms with Gasteiger partial charge >= 0.3 is 0 Å². The van der Waals surface area contributed by atoms with Gasteiger partial charge in [-0.2, -0.15) is 0 Å². The van der Waals surface area contributed by atoms with E-state index in [-0.39, 0.29) is 0 Å². The van der Waals surface area contributed by atoms with Crippen molar-refractivity contribution in [3.05, 3.63) is 59.7 Å². The molecule has 0 aliphatic carbocycles. The first-order valence-corrected chi connectivity index (χ1v) is 7.47. The van der Waals surface area contributed by atoms with Gasteiger partial charge < -0.3 is 14.8 Å². The van der Waals surface area contributed by atoms with E-state index in [1.165, 1.54) is 11.1 Å². The Balaban J connectivity index is 1.66. The molecule has 3 nitrogen and oxygen atoms in total. The van der Waals surface area contributed by atoms with E-state index in [9.17, 15) is 0 Å². The molecule has 1 aliphatic rings. The zero-order chi connectivity index (χ0) is 14.5. The number of nitrogens with one attached hydrogen (secondary N) is 1. The van der Waals surface area contributed by atoms with Gasteiger partial charge in [0.1, 0.15) is 13.2 Å². The van der Waals surface area contributed by atoms with Crippen LogP contribution in [0, 0.1) is 0 Å². The zero-order valence-corrected chi connectivity index (χ0v) is 12.3. The van der Waals surface area contributed by atoms with Crippen molar-refractivity contribution in [3.8, 4) is 11.5 Å². The summed E-state index contributed by atoms with van der Waals surface area (Å²) >= 11 is 0. The van der Waals surface area contributed by atoms with Crippen LogP contribution in [0.25, 0.3) is 0 Å². The first kappa shape index (κ1) is 14.0. The molecule has 0 saturated heterocycles. The summed E-state index contributed by atoms with van der Waals surface area (Å²) in [6.07, 6.45) is 2.07. The van der Waals surface area contributed by atoms with Gasteiger partial charge in [-0.15, -0.1) is 0 Å². The van der Waals surface area contributed by atoms with Crippen LogP contribution >= 0.6 is 0 Å². The van der Waals surface area contributed by atoms with Crippen molar-refractivity contribution >= 4 is 0 Å². The predicted molar refractivity (Wildman–Crippen MR) is 84.0 cm³/mol. The van der Waals surface area contributed by atoms with E-state index in [0.717, 1.165) is 24.3 Å². The Bertz CT molecular complexity index is 583. The standard InChI is InChI=1S/C18H21NO2/c1-19-16(15-5-3-2-4-6-15)9-7-14-8-10-17-18(13-14)21-12-11-20-17/h2-6,8,10,13,16,19H,7,9,11-12H2,1H3. The Morgan fingerprint density at radius 1 is 1.00 bits per heavy atom. The molecule has 1 N–H and O–H groups in total. The quantitative estimate of drug-likeness (QED) is 0.913. The monoisotopic (exact) mass is 283 g/mol. The first-order chi connectivity index (χ1) is 10.4. The van der Waals surface area contributed by atoms with Crippen LogP contribution < -0.4 is 14.8 Å². The molecule has 0 saturated carbocycles. The lowest BCUT2D eigenvalue weighted by Gasteiger charge is -2.20. The number of aryl methyl sites for hydroxylation is 1. The fourth-order valence-corrected chi connectivity index (χ4v) is 2.72. The van der Waals surface area contributed by atoms with Crippen molar-refractivity contribution < 1.29 is 9.47 Å². The van der Waals surface area contributed by atoms with Crippen molar-refractivity contribution in [1.29, 1.82) is 0 Å². The summed E-state index contributed by atoms with van der Waals surface area (Å²) in [7, 11) is 2.02. The van der Waals surface area contributed by atoms with Crippen molar-refractivity contribution in [2.24, 2.45) is 0 Å². The van der Waals surface area contributed by atoms with E-state index in [0.29, 0.717) is 19.3 Å². The molecule has 0 radical (unpaired) electrons. The third-order valence-electron chi connectivity index (χ3n) is 3.88. The van der Waals surface area contributed by atoms with Crippen LogP contribution in [0.3, 0.4) is 0 Å². The molecule has 1 aliphatic heterocycles. The highest BCUT2D eigenvalue weighted by atomic mass is 16.6. The fourth-order valence-electron chi connectivity index (χ4n) is 2.72. The Morgan fingerprint density at radius 3 is 2.52 bits per heavy atom. The highest BCUT2D eigenvalue weighted by Crippen LogP contribution is 2.31. The van der Waals surface area contributed by atoms with Crippen LogP contribution in [-0.4, -0.2) is 20.3 Å². The van der Waals surface area contributed by atoms with Crippen molar-refractivity contribution in [1.82, 2.24) is 5.32 Å². The van der Waals surface area contributed by atoms with Gasteiger partial charge in [0.15, 0.2) is 11.5 Å². The van der Waals surface area contributed by atoms with E-state index < -0.39 is 0 Å². The maximum absolute atomic E-state index is 5.64. The van der Waals surface area contributed by atoms with Crippen LogP contribution in [0.5, 0.6) is 11.5 Å². The molecule has 0 amide bonds. The minimum Gasteiger partial charge on any atom is -0.486 e.